The number of nitro benzene ring substituents is 1. The predicted molar refractivity (Wildman–Crippen MR) is 80.4 cm³/mol. The standard InChI is InChI=1S/C14H20N2O4S/c1-2-13-5-3-4-10-15(13)21(19,20)11-12-6-8-14(9-7-12)16(17)18/h6-9,13H,2-5,10-11H2,1H3. The summed E-state index contributed by atoms with van der Waals surface area (Å²) in [6, 6.07) is 5.81. The van der Waals surface area contributed by atoms with Crippen LogP contribution in [0.5, 0.6) is 0 Å². The molecule has 0 radical (unpaired) electrons. The molecule has 0 amide bonds. The van der Waals surface area contributed by atoms with Crippen LogP contribution in [0.4, 0.5) is 5.69 Å². The van der Waals surface area contributed by atoms with Crippen molar-refractivity contribution in [1.82, 2.24) is 4.31 Å². The number of hydrogen-bond donors (Lipinski definition) is 0. The summed E-state index contributed by atoms with van der Waals surface area (Å²) in [5.41, 5.74) is 0.557. The molecule has 6 nitrogen and oxygen atoms in total. The summed E-state index contributed by atoms with van der Waals surface area (Å²) in [6.45, 7) is 2.58. The van der Waals surface area contributed by atoms with Crippen LogP contribution in [0.1, 0.15) is 38.2 Å². The zero-order chi connectivity index (χ0) is 15.5. The van der Waals surface area contributed by atoms with E-state index < -0.39 is 14.9 Å². The van der Waals surface area contributed by atoms with E-state index in [2.05, 4.69) is 0 Å². The van der Waals surface area contributed by atoms with Gasteiger partial charge >= 0.3 is 0 Å². The minimum atomic E-state index is -3.37. The van der Waals surface area contributed by atoms with Gasteiger partial charge in [0, 0.05) is 24.7 Å². The van der Waals surface area contributed by atoms with E-state index in [1.54, 1.807) is 4.31 Å². The second-order valence-electron chi connectivity index (χ2n) is 5.35. The number of non-ortho nitro benzene ring substituents is 1. The zero-order valence-corrected chi connectivity index (χ0v) is 12.9. The lowest BCUT2D eigenvalue weighted by atomic mass is 10.0. The lowest BCUT2D eigenvalue weighted by Gasteiger charge is -2.34. The van der Waals surface area contributed by atoms with E-state index in [1.807, 2.05) is 6.92 Å². The number of nitro groups is 1. The Hall–Kier alpha value is -1.47. The monoisotopic (exact) mass is 312 g/mol. The number of nitrogens with zero attached hydrogens (tertiary/aromatic N) is 2. The Morgan fingerprint density at radius 1 is 1.29 bits per heavy atom. The minimum absolute atomic E-state index is 0.0273. The first kappa shape index (κ1) is 15.9. The summed E-state index contributed by atoms with van der Waals surface area (Å²) in [5, 5.41) is 10.6. The van der Waals surface area contributed by atoms with Gasteiger partial charge in [0.05, 0.1) is 10.7 Å². The molecule has 1 fully saturated rings. The zero-order valence-electron chi connectivity index (χ0n) is 12.1. The Kier molecular flexibility index (Phi) is 4.95. The van der Waals surface area contributed by atoms with Crippen molar-refractivity contribution in [2.45, 2.75) is 44.4 Å². The summed E-state index contributed by atoms with van der Waals surface area (Å²) in [6.07, 6.45) is 3.70. The highest BCUT2D eigenvalue weighted by molar-refractivity contribution is 7.88. The van der Waals surface area contributed by atoms with Gasteiger partial charge in [0.15, 0.2) is 0 Å². The van der Waals surface area contributed by atoms with Gasteiger partial charge in [0.2, 0.25) is 10.0 Å². The normalized spacial score (nSPS) is 20.3. The van der Waals surface area contributed by atoms with Crippen LogP contribution in [-0.2, 0) is 15.8 Å². The molecule has 1 aliphatic rings. The summed E-state index contributed by atoms with van der Waals surface area (Å²) in [7, 11) is -3.37. The fourth-order valence-corrected chi connectivity index (χ4v) is 4.65. The van der Waals surface area contributed by atoms with Gasteiger partial charge in [-0.3, -0.25) is 10.1 Å². The first-order valence-electron chi connectivity index (χ1n) is 7.17. The van der Waals surface area contributed by atoms with Crippen molar-refractivity contribution in [1.29, 1.82) is 0 Å². The maximum Gasteiger partial charge on any atom is 0.269 e. The van der Waals surface area contributed by atoms with E-state index in [1.165, 1.54) is 24.3 Å². The first-order valence-corrected chi connectivity index (χ1v) is 8.78. The Labute approximate surface area is 125 Å². The van der Waals surface area contributed by atoms with Crippen molar-refractivity contribution in [3.05, 3.63) is 39.9 Å². The van der Waals surface area contributed by atoms with E-state index in [9.17, 15) is 18.5 Å². The van der Waals surface area contributed by atoms with E-state index in [-0.39, 0.29) is 17.5 Å². The molecule has 0 N–H and O–H groups in total. The van der Waals surface area contributed by atoms with E-state index in [4.69, 9.17) is 0 Å². The molecule has 0 saturated carbocycles. The number of rotatable bonds is 5. The molecule has 2 rings (SSSR count). The van der Waals surface area contributed by atoms with Crippen molar-refractivity contribution < 1.29 is 13.3 Å². The maximum atomic E-state index is 12.5. The summed E-state index contributed by atoms with van der Waals surface area (Å²) >= 11 is 0. The van der Waals surface area contributed by atoms with Crippen molar-refractivity contribution in [3.63, 3.8) is 0 Å². The van der Waals surface area contributed by atoms with Crippen LogP contribution < -0.4 is 0 Å². The van der Waals surface area contributed by atoms with E-state index in [0.717, 1.165) is 25.7 Å². The largest absolute Gasteiger partial charge is 0.269 e. The molecule has 1 unspecified atom stereocenters. The van der Waals surface area contributed by atoms with Gasteiger partial charge in [-0.15, -0.1) is 0 Å². The second kappa shape index (κ2) is 6.53. The van der Waals surface area contributed by atoms with Crippen molar-refractivity contribution in [3.8, 4) is 0 Å². The van der Waals surface area contributed by atoms with Crippen LogP contribution in [0.15, 0.2) is 24.3 Å². The molecule has 1 atom stereocenters. The Bertz CT molecular complexity index is 598. The molecule has 1 aliphatic heterocycles. The Morgan fingerprint density at radius 3 is 2.52 bits per heavy atom. The molecule has 21 heavy (non-hydrogen) atoms. The Morgan fingerprint density at radius 2 is 1.95 bits per heavy atom. The van der Waals surface area contributed by atoms with E-state index >= 15 is 0 Å². The molecule has 1 aromatic carbocycles. The summed E-state index contributed by atoms with van der Waals surface area (Å²) in [4.78, 5) is 10.1. The molecule has 0 bridgehead atoms. The second-order valence-corrected chi connectivity index (χ2v) is 7.27. The molecule has 1 saturated heterocycles. The van der Waals surface area contributed by atoms with Gasteiger partial charge in [0.1, 0.15) is 0 Å². The lowest BCUT2D eigenvalue weighted by molar-refractivity contribution is -0.384. The van der Waals surface area contributed by atoms with Gasteiger partial charge in [-0.1, -0.05) is 25.5 Å². The third kappa shape index (κ3) is 3.79. The highest BCUT2D eigenvalue weighted by Gasteiger charge is 2.31. The van der Waals surface area contributed by atoms with Crippen LogP contribution >= 0.6 is 0 Å². The first-order chi connectivity index (χ1) is 9.94. The Balaban J connectivity index is 2.14. The summed E-state index contributed by atoms with van der Waals surface area (Å²) in [5.74, 6) is -0.0957. The van der Waals surface area contributed by atoms with Gasteiger partial charge in [-0.2, -0.15) is 4.31 Å². The van der Waals surface area contributed by atoms with Crippen LogP contribution in [0.2, 0.25) is 0 Å². The van der Waals surface area contributed by atoms with Crippen molar-refractivity contribution >= 4 is 15.7 Å². The fourth-order valence-electron chi connectivity index (χ4n) is 2.76. The molecule has 1 heterocycles. The maximum absolute atomic E-state index is 12.5. The lowest BCUT2D eigenvalue weighted by Crippen LogP contribution is -2.43. The predicted octanol–water partition coefficient (Wildman–Crippen LogP) is 2.69. The molecule has 0 spiro atoms. The molecule has 116 valence electrons. The SMILES string of the molecule is CCC1CCCCN1S(=O)(=O)Cc1ccc([N+](=O)[O-])cc1. The van der Waals surface area contributed by atoms with Crippen LogP contribution in [0.3, 0.4) is 0 Å². The minimum Gasteiger partial charge on any atom is -0.258 e. The van der Waals surface area contributed by atoms with Gasteiger partial charge in [-0.05, 0) is 24.8 Å². The average Bonchev–Trinajstić information content (AvgIpc) is 2.47. The fraction of sp³-hybridized carbons (Fsp3) is 0.571. The van der Waals surface area contributed by atoms with Crippen LogP contribution in [-0.4, -0.2) is 30.2 Å². The third-order valence-corrected chi connectivity index (χ3v) is 5.79. The van der Waals surface area contributed by atoms with Gasteiger partial charge < -0.3 is 0 Å². The quantitative estimate of drug-likeness (QED) is 0.618. The average molecular weight is 312 g/mol. The van der Waals surface area contributed by atoms with Crippen LogP contribution in [0.25, 0.3) is 0 Å². The van der Waals surface area contributed by atoms with Gasteiger partial charge in [-0.25, -0.2) is 8.42 Å². The van der Waals surface area contributed by atoms with Gasteiger partial charge in [0.25, 0.3) is 5.69 Å². The van der Waals surface area contributed by atoms with Crippen LogP contribution in [0, 0.1) is 10.1 Å². The summed E-state index contributed by atoms with van der Waals surface area (Å²) < 4.78 is 26.7. The van der Waals surface area contributed by atoms with Crippen molar-refractivity contribution in [2.24, 2.45) is 0 Å². The number of benzene rings is 1. The van der Waals surface area contributed by atoms with Crippen molar-refractivity contribution in [2.75, 3.05) is 6.54 Å². The third-order valence-electron chi connectivity index (χ3n) is 3.90. The molecule has 1 aromatic rings. The number of hydrogen-bond acceptors (Lipinski definition) is 4. The topological polar surface area (TPSA) is 80.5 Å². The number of piperidine rings is 1. The molecule has 0 aliphatic carbocycles. The number of sulfonamides is 1. The molecule has 7 heteroatoms. The van der Waals surface area contributed by atoms with E-state index in [0.29, 0.717) is 12.1 Å². The molecular weight excluding hydrogens is 292 g/mol. The highest BCUT2D eigenvalue weighted by atomic mass is 32.2. The molecule has 0 aromatic heterocycles. The molecular formula is C14H20N2O4S. The highest BCUT2D eigenvalue weighted by Crippen LogP contribution is 2.25. The smallest absolute Gasteiger partial charge is 0.258 e.